The molecule has 0 fully saturated rings. The monoisotopic (exact) mass is 336 g/mol. The Morgan fingerprint density at radius 1 is 1.50 bits per heavy atom. The van der Waals surface area contributed by atoms with Crippen LogP contribution in [-0.4, -0.2) is 9.78 Å². The zero-order valence-electron chi connectivity index (χ0n) is 11.2. The number of aryl methyl sites for hydroxylation is 2. The van der Waals surface area contributed by atoms with Crippen molar-refractivity contribution in [1.29, 1.82) is 5.26 Å². The van der Waals surface area contributed by atoms with E-state index < -0.39 is 5.82 Å². The van der Waals surface area contributed by atoms with E-state index in [1.807, 2.05) is 20.0 Å². The van der Waals surface area contributed by atoms with Crippen molar-refractivity contribution >= 4 is 21.6 Å². The first kappa shape index (κ1) is 14.5. The summed E-state index contributed by atoms with van der Waals surface area (Å²) in [6.07, 6.45) is 0.842. The van der Waals surface area contributed by atoms with Crippen molar-refractivity contribution < 1.29 is 4.39 Å². The van der Waals surface area contributed by atoms with Crippen molar-refractivity contribution in [3.8, 4) is 6.07 Å². The summed E-state index contributed by atoms with van der Waals surface area (Å²) in [4.78, 5) is 0. The summed E-state index contributed by atoms with van der Waals surface area (Å²) in [7, 11) is 1.87. The van der Waals surface area contributed by atoms with E-state index >= 15 is 0 Å². The molecule has 0 atom stereocenters. The molecule has 0 saturated heterocycles. The molecule has 0 aliphatic carbocycles. The Bertz CT molecular complexity index is 673. The van der Waals surface area contributed by atoms with Gasteiger partial charge in [-0.15, -0.1) is 0 Å². The third-order valence-electron chi connectivity index (χ3n) is 3.05. The molecular weight excluding hydrogens is 323 g/mol. The van der Waals surface area contributed by atoms with Gasteiger partial charge in [0.05, 0.1) is 33.7 Å². The summed E-state index contributed by atoms with van der Waals surface area (Å²) in [5.74, 6) is -0.415. The molecule has 2 rings (SSSR count). The van der Waals surface area contributed by atoms with Crippen LogP contribution in [0.4, 0.5) is 10.1 Å². The molecule has 0 radical (unpaired) electrons. The first-order valence-corrected chi connectivity index (χ1v) is 6.99. The average molecular weight is 337 g/mol. The van der Waals surface area contributed by atoms with Crippen molar-refractivity contribution in [2.75, 3.05) is 5.32 Å². The van der Waals surface area contributed by atoms with Crippen LogP contribution in [-0.2, 0) is 20.0 Å². The molecule has 0 saturated carbocycles. The molecule has 1 heterocycles. The van der Waals surface area contributed by atoms with E-state index in [0.717, 1.165) is 22.3 Å². The summed E-state index contributed by atoms with van der Waals surface area (Å²) in [6, 6.07) is 6.10. The minimum absolute atomic E-state index is 0.291. The molecule has 20 heavy (non-hydrogen) atoms. The second-order valence-electron chi connectivity index (χ2n) is 4.34. The van der Waals surface area contributed by atoms with Crippen LogP contribution in [0.15, 0.2) is 22.7 Å². The van der Waals surface area contributed by atoms with Gasteiger partial charge in [0, 0.05) is 7.05 Å². The van der Waals surface area contributed by atoms with E-state index in [-0.39, 0.29) is 0 Å². The number of nitrogens with one attached hydrogen (secondary N) is 1. The summed E-state index contributed by atoms with van der Waals surface area (Å²) in [6.45, 7) is 2.54. The molecule has 0 unspecified atom stereocenters. The van der Waals surface area contributed by atoms with Gasteiger partial charge in [-0.25, -0.2) is 4.39 Å². The maximum Gasteiger partial charge on any atom is 0.124 e. The lowest BCUT2D eigenvalue weighted by atomic mass is 10.2. The highest BCUT2D eigenvalue weighted by Gasteiger charge is 2.12. The van der Waals surface area contributed by atoms with Crippen molar-refractivity contribution in [2.45, 2.75) is 19.9 Å². The van der Waals surface area contributed by atoms with Gasteiger partial charge >= 0.3 is 0 Å². The van der Waals surface area contributed by atoms with Crippen LogP contribution < -0.4 is 5.32 Å². The van der Waals surface area contributed by atoms with Crippen LogP contribution in [0.25, 0.3) is 0 Å². The number of hydrogen-bond donors (Lipinski definition) is 1. The van der Waals surface area contributed by atoms with Crippen LogP contribution in [0.3, 0.4) is 0 Å². The average Bonchev–Trinajstić information content (AvgIpc) is 2.72. The lowest BCUT2D eigenvalue weighted by Gasteiger charge is -2.09. The minimum atomic E-state index is -0.415. The Morgan fingerprint density at radius 2 is 2.25 bits per heavy atom. The van der Waals surface area contributed by atoms with Crippen LogP contribution in [0.2, 0.25) is 0 Å². The SMILES string of the molecule is CCc1nn(C)c(CNc2ccc(F)cc2C#N)c1Br. The highest BCUT2D eigenvalue weighted by molar-refractivity contribution is 9.10. The molecule has 0 aliphatic heterocycles. The number of aromatic nitrogens is 2. The lowest BCUT2D eigenvalue weighted by molar-refractivity contribution is 0.627. The summed E-state index contributed by atoms with van der Waals surface area (Å²) < 4.78 is 15.8. The number of nitrogens with zero attached hydrogens (tertiary/aromatic N) is 3. The fraction of sp³-hybridized carbons (Fsp3) is 0.286. The van der Waals surface area contributed by atoms with Gasteiger partial charge in [0.25, 0.3) is 0 Å². The standard InChI is InChI=1S/C14H14BrFN4/c1-3-11-14(15)13(20(2)19-11)8-18-12-5-4-10(16)6-9(12)7-17/h4-6,18H,3,8H2,1-2H3. The molecule has 1 aromatic heterocycles. The van der Waals surface area contributed by atoms with Crippen LogP contribution in [0.1, 0.15) is 23.9 Å². The van der Waals surface area contributed by atoms with Gasteiger partial charge in [-0.05, 0) is 40.5 Å². The fourth-order valence-corrected chi connectivity index (χ4v) is 2.71. The Kier molecular flexibility index (Phi) is 4.40. The van der Waals surface area contributed by atoms with Gasteiger partial charge in [0.15, 0.2) is 0 Å². The van der Waals surface area contributed by atoms with E-state index in [1.54, 1.807) is 10.7 Å². The Morgan fingerprint density at radius 3 is 2.85 bits per heavy atom. The summed E-state index contributed by atoms with van der Waals surface area (Å²) in [5.41, 5.74) is 2.87. The highest BCUT2D eigenvalue weighted by atomic mass is 79.9. The molecule has 1 N–H and O–H groups in total. The maximum atomic E-state index is 13.1. The van der Waals surface area contributed by atoms with Crippen LogP contribution in [0, 0.1) is 17.1 Å². The molecule has 104 valence electrons. The summed E-state index contributed by atoms with van der Waals surface area (Å²) >= 11 is 3.53. The van der Waals surface area contributed by atoms with Crippen molar-refractivity contribution in [1.82, 2.24) is 9.78 Å². The normalized spacial score (nSPS) is 10.3. The zero-order valence-corrected chi connectivity index (χ0v) is 12.8. The third-order valence-corrected chi connectivity index (χ3v) is 3.97. The largest absolute Gasteiger partial charge is 0.378 e. The van der Waals surface area contributed by atoms with E-state index in [2.05, 4.69) is 26.3 Å². The molecular formula is C14H14BrFN4. The van der Waals surface area contributed by atoms with Crippen molar-refractivity contribution in [3.63, 3.8) is 0 Å². The Hall–Kier alpha value is -1.87. The number of rotatable bonds is 4. The number of benzene rings is 1. The van der Waals surface area contributed by atoms with Crippen LogP contribution in [0.5, 0.6) is 0 Å². The lowest BCUT2D eigenvalue weighted by Crippen LogP contribution is -2.07. The number of anilines is 1. The van der Waals surface area contributed by atoms with E-state index in [0.29, 0.717) is 17.8 Å². The molecule has 2 aromatic rings. The van der Waals surface area contributed by atoms with E-state index in [9.17, 15) is 4.39 Å². The smallest absolute Gasteiger partial charge is 0.124 e. The third kappa shape index (κ3) is 2.83. The topological polar surface area (TPSA) is 53.6 Å². The first-order valence-electron chi connectivity index (χ1n) is 6.20. The molecule has 0 bridgehead atoms. The van der Waals surface area contributed by atoms with E-state index in [4.69, 9.17) is 5.26 Å². The Labute approximate surface area is 125 Å². The fourth-order valence-electron chi connectivity index (χ4n) is 1.95. The molecule has 6 heteroatoms. The van der Waals surface area contributed by atoms with Gasteiger partial charge in [0.2, 0.25) is 0 Å². The summed E-state index contributed by atoms with van der Waals surface area (Å²) in [5, 5.41) is 16.6. The van der Waals surface area contributed by atoms with E-state index in [1.165, 1.54) is 12.1 Å². The van der Waals surface area contributed by atoms with Crippen LogP contribution >= 0.6 is 15.9 Å². The van der Waals surface area contributed by atoms with Gasteiger partial charge in [-0.1, -0.05) is 6.92 Å². The van der Waals surface area contributed by atoms with Gasteiger partial charge < -0.3 is 5.32 Å². The molecule has 0 amide bonds. The van der Waals surface area contributed by atoms with Gasteiger partial charge in [-0.3, -0.25) is 4.68 Å². The Balaban J connectivity index is 2.22. The predicted octanol–water partition coefficient (Wildman–Crippen LogP) is 3.37. The predicted molar refractivity (Wildman–Crippen MR) is 78.7 cm³/mol. The van der Waals surface area contributed by atoms with Gasteiger partial charge in [0.1, 0.15) is 11.9 Å². The number of nitriles is 1. The minimum Gasteiger partial charge on any atom is -0.378 e. The zero-order chi connectivity index (χ0) is 14.7. The highest BCUT2D eigenvalue weighted by Crippen LogP contribution is 2.23. The molecule has 1 aromatic carbocycles. The second-order valence-corrected chi connectivity index (χ2v) is 5.13. The molecule has 4 nitrogen and oxygen atoms in total. The molecule has 0 spiro atoms. The first-order chi connectivity index (χ1) is 9.56. The number of halogens is 2. The van der Waals surface area contributed by atoms with Gasteiger partial charge in [-0.2, -0.15) is 10.4 Å². The maximum absolute atomic E-state index is 13.1. The van der Waals surface area contributed by atoms with Crippen molar-refractivity contribution in [2.24, 2.45) is 7.05 Å². The van der Waals surface area contributed by atoms with Crippen molar-refractivity contribution in [3.05, 3.63) is 45.4 Å². The number of hydrogen-bond acceptors (Lipinski definition) is 3. The molecule has 0 aliphatic rings. The quantitative estimate of drug-likeness (QED) is 0.931. The second kappa shape index (κ2) is 6.06.